The van der Waals surface area contributed by atoms with E-state index in [-0.39, 0.29) is 11.8 Å². The number of ether oxygens (including phenoxy) is 2. The van der Waals surface area contributed by atoms with Gasteiger partial charge < -0.3 is 20.1 Å². The molecule has 134 valence electrons. The van der Waals surface area contributed by atoms with E-state index in [4.69, 9.17) is 15.2 Å². The first kappa shape index (κ1) is 17.7. The summed E-state index contributed by atoms with van der Waals surface area (Å²) < 4.78 is 11.6. The van der Waals surface area contributed by atoms with Crippen molar-refractivity contribution in [2.45, 2.75) is 19.3 Å². The van der Waals surface area contributed by atoms with Crippen molar-refractivity contribution in [2.24, 2.45) is 5.73 Å². The Bertz CT molecular complexity index is 869. The largest absolute Gasteiger partial charge is 0.494 e. The predicted octanol–water partition coefficient (Wildman–Crippen LogP) is 3.55. The third-order valence-corrected chi connectivity index (χ3v) is 4.55. The molecule has 0 radical (unpaired) electrons. The quantitative estimate of drug-likeness (QED) is 0.900. The number of hydrogen-bond acceptors (Lipinski definition) is 5. The average Bonchev–Trinajstić information content (AvgIpc) is 2.84. The van der Waals surface area contributed by atoms with Crippen LogP contribution in [0.1, 0.15) is 24.8 Å². The highest BCUT2D eigenvalue weighted by Gasteiger charge is 2.34. The van der Waals surface area contributed by atoms with Crippen molar-refractivity contribution < 1.29 is 9.47 Å². The molecule has 1 aromatic carbocycles. The van der Waals surface area contributed by atoms with Crippen molar-refractivity contribution in [2.75, 3.05) is 20.7 Å². The maximum atomic E-state index is 9.74. The van der Waals surface area contributed by atoms with Crippen LogP contribution in [-0.4, -0.2) is 25.6 Å². The fraction of sp³-hybridized carbons (Fsp3) is 0.286. The fourth-order valence-electron chi connectivity index (χ4n) is 3.24. The van der Waals surface area contributed by atoms with Crippen LogP contribution in [0.15, 0.2) is 71.0 Å². The standard InChI is InChI=1S/C21H23N3O2/c1-4-25-18-8-6-5-7-15(18)20-16-11-9-14(24(2)3)10-12-19(16)26-21(23)17(20)13-22/h5-9,11-12,20H,4,10,23H2,1-3H3. The highest BCUT2D eigenvalue weighted by molar-refractivity contribution is 5.58. The molecule has 0 fully saturated rings. The molecule has 0 bridgehead atoms. The predicted molar refractivity (Wildman–Crippen MR) is 101 cm³/mol. The minimum absolute atomic E-state index is 0.153. The van der Waals surface area contributed by atoms with E-state index in [1.165, 1.54) is 0 Å². The molecule has 1 aliphatic carbocycles. The van der Waals surface area contributed by atoms with Gasteiger partial charge in [-0.05, 0) is 25.1 Å². The van der Waals surface area contributed by atoms with Crippen LogP contribution in [-0.2, 0) is 4.74 Å². The average molecular weight is 349 g/mol. The molecule has 0 spiro atoms. The van der Waals surface area contributed by atoms with Gasteiger partial charge >= 0.3 is 0 Å². The van der Waals surface area contributed by atoms with Gasteiger partial charge in [0, 0.05) is 37.3 Å². The van der Waals surface area contributed by atoms with E-state index in [1.54, 1.807) is 0 Å². The summed E-state index contributed by atoms with van der Waals surface area (Å²) in [7, 11) is 4.02. The van der Waals surface area contributed by atoms with Gasteiger partial charge in [0.05, 0.1) is 12.5 Å². The molecule has 1 aliphatic heterocycles. The minimum atomic E-state index is -0.319. The molecule has 26 heavy (non-hydrogen) atoms. The molecule has 5 heteroatoms. The van der Waals surface area contributed by atoms with Crippen LogP contribution in [0, 0.1) is 11.3 Å². The third kappa shape index (κ3) is 3.18. The fourth-order valence-corrected chi connectivity index (χ4v) is 3.24. The van der Waals surface area contributed by atoms with Crippen molar-refractivity contribution in [3.05, 3.63) is 76.5 Å². The van der Waals surface area contributed by atoms with Gasteiger partial charge in [-0.1, -0.05) is 24.3 Å². The summed E-state index contributed by atoms with van der Waals surface area (Å²) in [5.41, 5.74) is 9.48. The summed E-state index contributed by atoms with van der Waals surface area (Å²) in [6.07, 6.45) is 6.83. The summed E-state index contributed by atoms with van der Waals surface area (Å²) in [6, 6.07) is 10.00. The monoisotopic (exact) mass is 349 g/mol. The van der Waals surface area contributed by atoms with Crippen LogP contribution >= 0.6 is 0 Å². The van der Waals surface area contributed by atoms with Crippen LogP contribution in [0.25, 0.3) is 0 Å². The zero-order valence-electron chi connectivity index (χ0n) is 15.3. The number of rotatable bonds is 4. The third-order valence-electron chi connectivity index (χ3n) is 4.55. The van der Waals surface area contributed by atoms with Crippen molar-refractivity contribution in [1.29, 1.82) is 5.26 Å². The van der Waals surface area contributed by atoms with E-state index >= 15 is 0 Å². The van der Waals surface area contributed by atoms with Crippen molar-refractivity contribution in [3.63, 3.8) is 0 Å². The second kappa shape index (κ2) is 7.40. The molecule has 2 N–H and O–H groups in total. The van der Waals surface area contributed by atoms with Gasteiger partial charge in [0.1, 0.15) is 23.2 Å². The lowest BCUT2D eigenvalue weighted by Crippen LogP contribution is -2.21. The highest BCUT2D eigenvalue weighted by Crippen LogP contribution is 2.45. The van der Waals surface area contributed by atoms with Gasteiger partial charge in [0.15, 0.2) is 0 Å². The number of allylic oxidation sites excluding steroid dienone is 5. The van der Waals surface area contributed by atoms with Gasteiger partial charge in [-0.25, -0.2) is 0 Å². The smallest absolute Gasteiger partial charge is 0.205 e. The Morgan fingerprint density at radius 2 is 2.08 bits per heavy atom. The molecule has 1 aromatic rings. The Morgan fingerprint density at radius 3 is 2.77 bits per heavy atom. The minimum Gasteiger partial charge on any atom is -0.494 e. The van der Waals surface area contributed by atoms with Crippen molar-refractivity contribution >= 4 is 0 Å². The van der Waals surface area contributed by atoms with Crippen LogP contribution in [0.2, 0.25) is 0 Å². The molecule has 1 atom stereocenters. The number of benzene rings is 1. The normalized spacial score (nSPS) is 19.2. The van der Waals surface area contributed by atoms with Crippen molar-refractivity contribution in [3.8, 4) is 11.8 Å². The molecule has 1 unspecified atom stereocenters. The maximum absolute atomic E-state index is 9.74. The SMILES string of the molecule is CCOc1ccccc1C1C2=CC=C(N(C)C)CC=C2OC(N)=C1C#N. The number of para-hydroxylation sites is 1. The van der Waals surface area contributed by atoms with Crippen LogP contribution < -0.4 is 10.5 Å². The molecule has 5 nitrogen and oxygen atoms in total. The number of fused-ring (bicyclic) bond motifs is 1. The topological polar surface area (TPSA) is 71.5 Å². The summed E-state index contributed by atoms with van der Waals surface area (Å²) in [6.45, 7) is 2.49. The van der Waals surface area contributed by atoms with E-state index in [0.29, 0.717) is 17.9 Å². The molecular formula is C21H23N3O2. The summed E-state index contributed by atoms with van der Waals surface area (Å²) in [5.74, 6) is 1.29. The van der Waals surface area contributed by atoms with Gasteiger partial charge in [-0.2, -0.15) is 5.26 Å². The summed E-state index contributed by atoms with van der Waals surface area (Å²) in [4.78, 5) is 2.07. The number of hydrogen-bond donors (Lipinski definition) is 1. The summed E-state index contributed by atoms with van der Waals surface area (Å²) >= 11 is 0. The molecule has 0 aromatic heterocycles. The zero-order chi connectivity index (χ0) is 18.7. The number of nitrogens with zero attached hydrogens (tertiary/aromatic N) is 2. The summed E-state index contributed by atoms with van der Waals surface area (Å²) in [5, 5.41) is 9.74. The van der Waals surface area contributed by atoms with Crippen LogP contribution in [0.3, 0.4) is 0 Å². The molecule has 1 heterocycles. The Hall–Kier alpha value is -3.13. The van der Waals surface area contributed by atoms with E-state index in [2.05, 4.69) is 17.0 Å². The van der Waals surface area contributed by atoms with E-state index < -0.39 is 0 Å². The Kier molecular flexibility index (Phi) is 5.04. The zero-order valence-corrected chi connectivity index (χ0v) is 15.3. The van der Waals surface area contributed by atoms with Gasteiger partial charge in [-0.15, -0.1) is 0 Å². The lowest BCUT2D eigenvalue weighted by atomic mass is 9.82. The number of nitrogens with two attached hydrogens (primary N) is 1. The van der Waals surface area contributed by atoms with Gasteiger partial charge in [-0.3, -0.25) is 0 Å². The van der Waals surface area contributed by atoms with E-state index in [1.807, 2.05) is 57.4 Å². The first-order valence-electron chi connectivity index (χ1n) is 8.64. The molecule has 0 saturated heterocycles. The maximum Gasteiger partial charge on any atom is 0.205 e. The highest BCUT2D eigenvalue weighted by atomic mass is 16.5. The van der Waals surface area contributed by atoms with Crippen molar-refractivity contribution in [1.82, 2.24) is 4.90 Å². The molecule has 0 saturated carbocycles. The van der Waals surface area contributed by atoms with Crippen LogP contribution in [0.4, 0.5) is 0 Å². The first-order chi connectivity index (χ1) is 12.6. The second-order valence-corrected chi connectivity index (χ2v) is 6.34. The van der Waals surface area contributed by atoms with Gasteiger partial charge in [0.2, 0.25) is 5.88 Å². The molecule has 3 rings (SSSR count). The molecule has 0 amide bonds. The lowest BCUT2D eigenvalue weighted by molar-refractivity contribution is 0.285. The second-order valence-electron chi connectivity index (χ2n) is 6.34. The van der Waals surface area contributed by atoms with E-state index in [0.717, 1.165) is 29.0 Å². The first-order valence-corrected chi connectivity index (χ1v) is 8.64. The molecule has 2 aliphatic rings. The molecular weight excluding hydrogens is 326 g/mol. The van der Waals surface area contributed by atoms with Crippen LogP contribution in [0.5, 0.6) is 5.75 Å². The number of nitriles is 1. The Balaban J connectivity index is 2.19. The van der Waals surface area contributed by atoms with E-state index in [9.17, 15) is 5.26 Å². The Morgan fingerprint density at radius 1 is 1.31 bits per heavy atom. The van der Waals surface area contributed by atoms with Gasteiger partial charge in [0.25, 0.3) is 0 Å². The Labute approximate surface area is 154 Å². The lowest BCUT2D eigenvalue weighted by Gasteiger charge is -2.29.